The summed E-state index contributed by atoms with van der Waals surface area (Å²) in [4.78, 5) is 14.0. The van der Waals surface area contributed by atoms with Gasteiger partial charge in [0.05, 0.1) is 11.5 Å². The Morgan fingerprint density at radius 3 is 2.79 bits per heavy atom. The third-order valence-corrected chi connectivity index (χ3v) is 5.68. The molecular formula is C12H17BrN2O3S. The van der Waals surface area contributed by atoms with Gasteiger partial charge in [-0.3, -0.25) is 4.79 Å². The van der Waals surface area contributed by atoms with Crippen molar-refractivity contribution < 1.29 is 13.2 Å². The molecule has 1 atom stereocenters. The second-order valence-corrected chi connectivity index (χ2v) is 7.95. The van der Waals surface area contributed by atoms with E-state index in [-0.39, 0.29) is 23.5 Å². The summed E-state index contributed by atoms with van der Waals surface area (Å²) < 4.78 is 25.7. The number of carbonyl (C=O) groups is 1. The number of aryl methyl sites for hydroxylation is 1. The fourth-order valence-corrected chi connectivity index (χ4v) is 4.58. The molecule has 0 saturated carbocycles. The first-order valence-electron chi connectivity index (χ1n) is 6.17. The van der Waals surface area contributed by atoms with Crippen LogP contribution in [0.25, 0.3) is 0 Å². The molecule has 1 saturated heterocycles. The Hall–Kier alpha value is -0.820. The lowest BCUT2D eigenvalue weighted by Gasteiger charge is -2.23. The van der Waals surface area contributed by atoms with Crippen molar-refractivity contribution in [2.45, 2.75) is 25.9 Å². The average molecular weight is 349 g/mol. The summed E-state index contributed by atoms with van der Waals surface area (Å²) in [5, 5.41) is 0. The SMILES string of the molecule is CCn1cc(Br)cc1C(=O)N(C)C1CCS(=O)(=O)C1. The Morgan fingerprint density at radius 1 is 1.58 bits per heavy atom. The lowest BCUT2D eigenvalue weighted by atomic mass is 10.2. The van der Waals surface area contributed by atoms with Gasteiger partial charge in [0.25, 0.3) is 5.91 Å². The lowest BCUT2D eigenvalue weighted by Crippen LogP contribution is -2.38. The molecule has 1 fully saturated rings. The molecule has 2 heterocycles. The highest BCUT2D eigenvalue weighted by molar-refractivity contribution is 9.10. The van der Waals surface area contributed by atoms with Crippen LogP contribution in [0.4, 0.5) is 0 Å². The van der Waals surface area contributed by atoms with Crippen molar-refractivity contribution in [3.8, 4) is 0 Å². The standard InChI is InChI=1S/C12H17BrN2O3S/c1-3-15-7-9(13)6-11(15)12(16)14(2)10-4-5-19(17,18)8-10/h6-7,10H,3-5,8H2,1-2H3. The molecule has 106 valence electrons. The maximum absolute atomic E-state index is 12.4. The number of amides is 1. The van der Waals surface area contributed by atoms with Crippen molar-refractivity contribution in [3.63, 3.8) is 0 Å². The molecule has 1 aromatic rings. The first-order chi connectivity index (χ1) is 8.84. The Balaban J connectivity index is 2.19. The van der Waals surface area contributed by atoms with Gasteiger partial charge in [0, 0.05) is 30.3 Å². The molecular weight excluding hydrogens is 332 g/mol. The smallest absolute Gasteiger partial charge is 0.270 e. The number of hydrogen-bond donors (Lipinski definition) is 0. The van der Waals surface area contributed by atoms with Crippen molar-refractivity contribution in [3.05, 3.63) is 22.4 Å². The minimum Gasteiger partial charge on any atom is -0.343 e. The molecule has 0 radical (unpaired) electrons. The number of hydrogen-bond acceptors (Lipinski definition) is 3. The van der Waals surface area contributed by atoms with E-state index >= 15 is 0 Å². The largest absolute Gasteiger partial charge is 0.343 e. The van der Waals surface area contributed by atoms with Gasteiger partial charge in [-0.15, -0.1) is 0 Å². The Kier molecular flexibility index (Phi) is 4.06. The normalized spacial score (nSPS) is 21.5. The monoisotopic (exact) mass is 348 g/mol. The van der Waals surface area contributed by atoms with Crippen LogP contribution in [0.5, 0.6) is 0 Å². The van der Waals surface area contributed by atoms with E-state index in [9.17, 15) is 13.2 Å². The van der Waals surface area contributed by atoms with Crippen LogP contribution in [0.2, 0.25) is 0 Å². The zero-order valence-corrected chi connectivity index (χ0v) is 13.4. The molecule has 7 heteroatoms. The van der Waals surface area contributed by atoms with Crippen LogP contribution in [-0.2, 0) is 16.4 Å². The fraction of sp³-hybridized carbons (Fsp3) is 0.583. The molecule has 2 rings (SSSR count). The van der Waals surface area contributed by atoms with Crippen molar-refractivity contribution >= 4 is 31.7 Å². The van der Waals surface area contributed by atoms with Crippen LogP contribution in [0.3, 0.4) is 0 Å². The van der Waals surface area contributed by atoms with E-state index in [0.29, 0.717) is 18.7 Å². The number of halogens is 1. The molecule has 0 bridgehead atoms. The minimum absolute atomic E-state index is 0.0727. The Morgan fingerprint density at radius 2 is 2.26 bits per heavy atom. The summed E-state index contributed by atoms with van der Waals surface area (Å²) in [6, 6.07) is 1.56. The van der Waals surface area contributed by atoms with E-state index in [2.05, 4.69) is 15.9 Å². The van der Waals surface area contributed by atoms with Crippen LogP contribution in [0, 0.1) is 0 Å². The van der Waals surface area contributed by atoms with Gasteiger partial charge < -0.3 is 9.47 Å². The molecule has 1 amide bonds. The van der Waals surface area contributed by atoms with Gasteiger partial charge >= 0.3 is 0 Å². The summed E-state index contributed by atoms with van der Waals surface area (Å²) in [7, 11) is -1.30. The first-order valence-corrected chi connectivity index (χ1v) is 8.78. The molecule has 1 aliphatic heterocycles. The molecule has 1 aromatic heterocycles. The van der Waals surface area contributed by atoms with Crippen LogP contribution < -0.4 is 0 Å². The second kappa shape index (κ2) is 5.28. The summed E-state index contributed by atoms with van der Waals surface area (Å²) in [6.07, 6.45) is 2.38. The molecule has 1 unspecified atom stereocenters. The molecule has 0 aromatic carbocycles. The third-order valence-electron chi connectivity index (χ3n) is 3.50. The Labute approximate surface area is 121 Å². The zero-order chi connectivity index (χ0) is 14.2. The highest BCUT2D eigenvalue weighted by Gasteiger charge is 2.33. The number of sulfone groups is 1. The van der Waals surface area contributed by atoms with Crippen molar-refractivity contribution in [2.75, 3.05) is 18.6 Å². The topological polar surface area (TPSA) is 59.4 Å². The number of rotatable bonds is 3. The first kappa shape index (κ1) is 14.6. The maximum Gasteiger partial charge on any atom is 0.270 e. The highest BCUT2D eigenvalue weighted by Crippen LogP contribution is 2.21. The predicted octanol–water partition coefficient (Wildman–Crippen LogP) is 1.53. The highest BCUT2D eigenvalue weighted by atomic mass is 79.9. The summed E-state index contributed by atoms with van der Waals surface area (Å²) >= 11 is 3.36. The third kappa shape index (κ3) is 3.02. The van der Waals surface area contributed by atoms with Gasteiger partial charge in [-0.1, -0.05) is 0 Å². The zero-order valence-electron chi connectivity index (χ0n) is 11.0. The fourth-order valence-electron chi connectivity index (χ4n) is 2.34. The van der Waals surface area contributed by atoms with Gasteiger partial charge in [-0.2, -0.15) is 0 Å². The van der Waals surface area contributed by atoms with Crippen LogP contribution in [-0.4, -0.2) is 48.4 Å². The minimum atomic E-state index is -2.98. The summed E-state index contributed by atoms with van der Waals surface area (Å²) in [5.74, 6) is 0.117. The van der Waals surface area contributed by atoms with E-state index < -0.39 is 9.84 Å². The van der Waals surface area contributed by atoms with Crippen molar-refractivity contribution in [1.82, 2.24) is 9.47 Å². The van der Waals surface area contributed by atoms with Gasteiger partial charge in [-0.05, 0) is 35.3 Å². The quantitative estimate of drug-likeness (QED) is 0.832. The second-order valence-electron chi connectivity index (χ2n) is 4.80. The molecule has 0 N–H and O–H groups in total. The van der Waals surface area contributed by atoms with E-state index in [1.54, 1.807) is 18.0 Å². The molecule has 19 heavy (non-hydrogen) atoms. The number of aromatic nitrogens is 1. The average Bonchev–Trinajstić information content (AvgIpc) is 2.90. The summed E-state index contributed by atoms with van der Waals surface area (Å²) in [5.41, 5.74) is 0.584. The lowest BCUT2D eigenvalue weighted by molar-refractivity contribution is 0.0737. The molecule has 5 nitrogen and oxygen atoms in total. The van der Waals surface area contributed by atoms with Gasteiger partial charge in [0.2, 0.25) is 0 Å². The van der Waals surface area contributed by atoms with Crippen LogP contribution >= 0.6 is 15.9 Å². The Bertz CT molecular complexity index is 594. The van der Waals surface area contributed by atoms with Gasteiger partial charge in [0.1, 0.15) is 5.69 Å². The predicted molar refractivity (Wildman–Crippen MR) is 77.0 cm³/mol. The number of nitrogens with zero attached hydrogens (tertiary/aromatic N) is 2. The summed E-state index contributed by atoms with van der Waals surface area (Å²) in [6.45, 7) is 2.66. The van der Waals surface area contributed by atoms with Gasteiger partial charge in [-0.25, -0.2) is 8.42 Å². The molecule has 1 aliphatic rings. The van der Waals surface area contributed by atoms with E-state index in [1.165, 1.54) is 0 Å². The maximum atomic E-state index is 12.4. The number of carbonyl (C=O) groups excluding carboxylic acids is 1. The van der Waals surface area contributed by atoms with Crippen molar-refractivity contribution in [1.29, 1.82) is 0 Å². The molecule has 0 aliphatic carbocycles. The van der Waals surface area contributed by atoms with Crippen LogP contribution in [0.15, 0.2) is 16.7 Å². The molecule has 0 spiro atoms. The van der Waals surface area contributed by atoms with E-state index in [1.807, 2.05) is 17.7 Å². The van der Waals surface area contributed by atoms with Crippen molar-refractivity contribution in [2.24, 2.45) is 0 Å². The van der Waals surface area contributed by atoms with E-state index in [4.69, 9.17) is 0 Å². The van der Waals surface area contributed by atoms with Crippen LogP contribution in [0.1, 0.15) is 23.8 Å². The van der Waals surface area contributed by atoms with E-state index in [0.717, 1.165) is 4.47 Å². The van der Waals surface area contributed by atoms with Gasteiger partial charge in [0.15, 0.2) is 9.84 Å².